The number of thiocarbonyl (C=S) groups is 1. The molecule has 0 radical (unpaired) electrons. The van der Waals surface area contributed by atoms with Crippen molar-refractivity contribution in [3.05, 3.63) is 36.4 Å². The fourth-order valence-electron chi connectivity index (χ4n) is 1.58. The third kappa shape index (κ3) is 5.18. The second-order valence-corrected chi connectivity index (χ2v) is 4.27. The van der Waals surface area contributed by atoms with Gasteiger partial charge in [0.25, 0.3) is 0 Å². The van der Waals surface area contributed by atoms with E-state index in [2.05, 4.69) is 17.2 Å². The van der Waals surface area contributed by atoms with Gasteiger partial charge in [-0.05, 0) is 36.3 Å². The highest BCUT2D eigenvalue weighted by Gasteiger charge is 2.04. The lowest BCUT2D eigenvalue weighted by Crippen LogP contribution is -2.36. The molecule has 0 atom stereocenters. The summed E-state index contributed by atoms with van der Waals surface area (Å²) in [6.07, 6.45) is 2.62. The van der Waals surface area contributed by atoms with Gasteiger partial charge in [-0.1, -0.05) is 12.1 Å². The first-order chi connectivity index (χ1) is 9.21. The molecule has 0 bridgehead atoms. The molecule has 1 aromatic rings. The Hall–Kier alpha value is -1.75. The second kappa shape index (κ2) is 8.37. The van der Waals surface area contributed by atoms with Crippen LogP contribution in [-0.4, -0.2) is 32.4 Å². The van der Waals surface area contributed by atoms with E-state index in [4.69, 9.17) is 21.7 Å². The van der Waals surface area contributed by atoms with Gasteiger partial charge in [-0.3, -0.25) is 0 Å². The molecule has 19 heavy (non-hydrogen) atoms. The smallest absolute Gasteiger partial charge is 0.166 e. The van der Waals surface area contributed by atoms with E-state index >= 15 is 0 Å². The van der Waals surface area contributed by atoms with E-state index in [9.17, 15) is 0 Å². The summed E-state index contributed by atoms with van der Waals surface area (Å²) in [5, 5.41) is 6.79. The van der Waals surface area contributed by atoms with Crippen LogP contribution in [-0.2, 0) is 6.42 Å². The number of nitrogens with one attached hydrogen (secondary N) is 2. The van der Waals surface area contributed by atoms with E-state index in [1.807, 2.05) is 18.2 Å². The van der Waals surface area contributed by atoms with Gasteiger partial charge in [-0.25, -0.2) is 0 Å². The van der Waals surface area contributed by atoms with Gasteiger partial charge >= 0.3 is 0 Å². The molecule has 104 valence electrons. The van der Waals surface area contributed by atoms with Crippen molar-refractivity contribution in [3.8, 4) is 11.5 Å². The van der Waals surface area contributed by atoms with Crippen LogP contribution in [0.1, 0.15) is 5.56 Å². The Morgan fingerprint density at radius 3 is 2.63 bits per heavy atom. The molecular formula is C14H20N2O2S. The first kappa shape index (κ1) is 15.3. The fourth-order valence-corrected chi connectivity index (χ4v) is 1.77. The normalized spacial score (nSPS) is 9.58. The number of hydrogen-bond acceptors (Lipinski definition) is 3. The molecule has 0 amide bonds. The molecule has 0 spiro atoms. The molecule has 0 heterocycles. The maximum Gasteiger partial charge on any atom is 0.166 e. The summed E-state index contributed by atoms with van der Waals surface area (Å²) in [6, 6.07) is 5.90. The minimum atomic E-state index is 0.639. The zero-order chi connectivity index (χ0) is 14.1. The highest BCUT2D eigenvalue weighted by atomic mass is 32.1. The number of ether oxygens (including phenoxy) is 2. The monoisotopic (exact) mass is 280 g/mol. The van der Waals surface area contributed by atoms with Crippen molar-refractivity contribution in [1.29, 1.82) is 0 Å². The van der Waals surface area contributed by atoms with Gasteiger partial charge in [-0.2, -0.15) is 0 Å². The Morgan fingerprint density at radius 2 is 2.00 bits per heavy atom. The minimum Gasteiger partial charge on any atom is -0.493 e. The SMILES string of the molecule is C=CCNC(=S)NCCc1ccc(OC)c(OC)c1. The first-order valence-corrected chi connectivity index (χ1v) is 6.45. The summed E-state index contributed by atoms with van der Waals surface area (Å²) in [5.74, 6) is 1.48. The van der Waals surface area contributed by atoms with Crippen molar-refractivity contribution < 1.29 is 9.47 Å². The Balaban J connectivity index is 2.45. The molecule has 1 rings (SSSR count). The molecule has 2 N–H and O–H groups in total. The van der Waals surface area contributed by atoms with Crippen LogP contribution in [0.4, 0.5) is 0 Å². The molecule has 0 aliphatic carbocycles. The van der Waals surface area contributed by atoms with Gasteiger partial charge < -0.3 is 20.1 Å². The molecule has 1 aromatic carbocycles. The Labute approximate surface area is 119 Å². The predicted molar refractivity (Wildman–Crippen MR) is 82.1 cm³/mol. The quantitative estimate of drug-likeness (QED) is 0.590. The van der Waals surface area contributed by atoms with Crippen LogP contribution in [0, 0.1) is 0 Å². The third-order valence-corrected chi connectivity index (χ3v) is 2.84. The summed E-state index contributed by atoms with van der Waals surface area (Å²) in [6.45, 7) is 5.05. The Morgan fingerprint density at radius 1 is 1.26 bits per heavy atom. The van der Waals surface area contributed by atoms with Crippen LogP contribution in [0.3, 0.4) is 0 Å². The van der Waals surface area contributed by atoms with Crippen molar-refractivity contribution >= 4 is 17.3 Å². The van der Waals surface area contributed by atoms with E-state index < -0.39 is 0 Å². The van der Waals surface area contributed by atoms with Crippen LogP contribution in [0.2, 0.25) is 0 Å². The molecule has 5 heteroatoms. The third-order valence-electron chi connectivity index (χ3n) is 2.55. The Kier molecular flexibility index (Phi) is 6.74. The number of methoxy groups -OCH3 is 2. The summed E-state index contributed by atoms with van der Waals surface area (Å²) in [5.41, 5.74) is 1.16. The molecule has 0 saturated heterocycles. The van der Waals surface area contributed by atoms with Gasteiger partial charge in [0, 0.05) is 13.1 Å². The molecule has 0 fully saturated rings. The molecule has 0 saturated carbocycles. The van der Waals surface area contributed by atoms with Gasteiger partial charge in [0.15, 0.2) is 16.6 Å². The lowest BCUT2D eigenvalue weighted by Gasteiger charge is -2.11. The van der Waals surface area contributed by atoms with E-state index in [1.165, 1.54) is 0 Å². The van der Waals surface area contributed by atoms with E-state index in [1.54, 1.807) is 20.3 Å². The summed E-state index contributed by atoms with van der Waals surface area (Å²) in [7, 11) is 3.26. The molecule has 0 aromatic heterocycles. The van der Waals surface area contributed by atoms with E-state index in [-0.39, 0.29) is 0 Å². The lowest BCUT2D eigenvalue weighted by molar-refractivity contribution is 0.354. The highest BCUT2D eigenvalue weighted by Crippen LogP contribution is 2.27. The van der Waals surface area contributed by atoms with Gasteiger partial charge in [0.1, 0.15) is 0 Å². The number of benzene rings is 1. The standard InChI is InChI=1S/C14H20N2O2S/c1-4-8-15-14(19)16-9-7-11-5-6-12(17-2)13(10-11)18-3/h4-6,10H,1,7-9H2,2-3H3,(H2,15,16,19). The number of hydrogen-bond donors (Lipinski definition) is 2. The fraction of sp³-hybridized carbons (Fsp3) is 0.357. The average Bonchev–Trinajstić information content (AvgIpc) is 2.44. The molecular weight excluding hydrogens is 260 g/mol. The molecule has 0 unspecified atom stereocenters. The van der Waals surface area contributed by atoms with Crippen LogP contribution >= 0.6 is 12.2 Å². The second-order valence-electron chi connectivity index (χ2n) is 3.86. The topological polar surface area (TPSA) is 42.5 Å². The van der Waals surface area contributed by atoms with Crippen LogP contribution in [0.15, 0.2) is 30.9 Å². The van der Waals surface area contributed by atoms with Gasteiger partial charge in [-0.15, -0.1) is 6.58 Å². The van der Waals surface area contributed by atoms with Crippen LogP contribution in [0.5, 0.6) is 11.5 Å². The zero-order valence-corrected chi connectivity index (χ0v) is 12.2. The van der Waals surface area contributed by atoms with Crippen LogP contribution in [0.25, 0.3) is 0 Å². The van der Waals surface area contributed by atoms with Crippen molar-refractivity contribution in [2.24, 2.45) is 0 Å². The van der Waals surface area contributed by atoms with Crippen molar-refractivity contribution in [2.45, 2.75) is 6.42 Å². The van der Waals surface area contributed by atoms with Crippen LogP contribution < -0.4 is 20.1 Å². The maximum atomic E-state index is 5.26. The van der Waals surface area contributed by atoms with Crippen molar-refractivity contribution in [1.82, 2.24) is 10.6 Å². The molecule has 0 aliphatic rings. The number of rotatable bonds is 7. The highest BCUT2D eigenvalue weighted by molar-refractivity contribution is 7.80. The lowest BCUT2D eigenvalue weighted by atomic mass is 10.1. The van der Waals surface area contributed by atoms with E-state index in [0.717, 1.165) is 30.0 Å². The largest absolute Gasteiger partial charge is 0.493 e. The summed E-state index contributed by atoms with van der Waals surface area (Å²) in [4.78, 5) is 0. The summed E-state index contributed by atoms with van der Waals surface area (Å²) >= 11 is 5.11. The maximum absolute atomic E-state index is 5.26. The van der Waals surface area contributed by atoms with Crippen molar-refractivity contribution in [2.75, 3.05) is 27.3 Å². The average molecular weight is 280 g/mol. The Bertz CT molecular complexity index is 435. The van der Waals surface area contributed by atoms with Crippen molar-refractivity contribution in [3.63, 3.8) is 0 Å². The molecule has 4 nitrogen and oxygen atoms in total. The molecule has 0 aliphatic heterocycles. The van der Waals surface area contributed by atoms with E-state index in [0.29, 0.717) is 11.7 Å². The predicted octanol–water partition coefficient (Wildman–Crippen LogP) is 1.90. The van der Waals surface area contributed by atoms with Gasteiger partial charge in [0.05, 0.1) is 14.2 Å². The zero-order valence-electron chi connectivity index (χ0n) is 11.4. The summed E-state index contributed by atoms with van der Waals surface area (Å²) < 4.78 is 10.5. The minimum absolute atomic E-state index is 0.639. The van der Waals surface area contributed by atoms with Gasteiger partial charge in [0.2, 0.25) is 0 Å². The first-order valence-electron chi connectivity index (χ1n) is 6.04.